The molecule has 1 N–H and O–H groups in total. The van der Waals surface area contributed by atoms with Crippen molar-refractivity contribution in [1.29, 1.82) is 0 Å². The SMILES string of the molecule is COc1cccc(CCNC2CCC3(CC2)OCCO3)c1. The van der Waals surface area contributed by atoms with E-state index in [1.807, 2.05) is 12.1 Å². The first kappa shape index (κ1) is 14.8. The second-order valence-corrected chi connectivity index (χ2v) is 5.94. The Morgan fingerprint density at radius 3 is 2.71 bits per heavy atom. The van der Waals surface area contributed by atoms with E-state index in [0.717, 1.165) is 57.6 Å². The summed E-state index contributed by atoms with van der Waals surface area (Å²) in [7, 11) is 1.71. The van der Waals surface area contributed by atoms with Crippen molar-refractivity contribution in [2.45, 2.75) is 43.9 Å². The smallest absolute Gasteiger partial charge is 0.168 e. The molecule has 0 bridgehead atoms. The van der Waals surface area contributed by atoms with E-state index in [9.17, 15) is 0 Å². The molecule has 1 heterocycles. The lowest BCUT2D eigenvalue weighted by atomic mass is 9.90. The maximum absolute atomic E-state index is 5.77. The van der Waals surface area contributed by atoms with Gasteiger partial charge in [-0.15, -0.1) is 0 Å². The molecule has 1 aromatic rings. The highest BCUT2D eigenvalue weighted by atomic mass is 16.7. The van der Waals surface area contributed by atoms with Crippen LogP contribution < -0.4 is 10.1 Å². The highest BCUT2D eigenvalue weighted by Gasteiger charge is 2.39. The van der Waals surface area contributed by atoms with Gasteiger partial charge in [0.15, 0.2) is 5.79 Å². The maximum Gasteiger partial charge on any atom is 0.168 e. The Bertz CT molecular complexity index is 447. The van der Waals surface area contributed by atoms with E-state index in [1.165, 1.54) is 5.56 Å². The average Bonchev–Trinajstić information content (AvgIpc) is 2.98. The van der Waals surface area contributed by atoms with Crippen LogP contribution in [-0.2, 0) is 15.9 Å². The van der Waals surface area contributed by atoms with Crippen LogP contribution in [0.1, 0.15) is 31.2 Å². The normalized spacial score (nSPS) is 21.8. The first-order valence-electron chi connectivity index (χ1n) is 7.94. The molecule has 0 radical (unpaired) electrons. The van der Waals surface area contributed by atoms with Crippen LogP contribution in [0.4, 0.5) is 0 Å². The van der Waals surface area contributed by atoms with E-state index in [4.69, 9.17) is 14.2 Å². The number of benzene rings is 1. The summed E-state index contributed by atoms with van der Waals surface area (Å²) in [6, 6.07) is 8.89. The number of ether oxygens (including phenoxy) is 3. The van der Waals surface area contributed by atoms with Gasteiger partial charge in [-0.3, -0.25) is 0 Å². The van der Waals surface area contributed by atoms with Gasteiger partial charge >= 0.3 is 0 Å². The number of hydrogen-bond acceptors (Lipinski definition) is 4. The Hall–Kier alpha value is -1.10. The van der Waals surface area contributed by atoms with Gasteiger partial charge in [0.1, 0.15) is 5.75 Å². The topological polar surface area (TPSA) is 39.7 Å². The van der Waals surface area contributed by atoms with Gasteiger partial charge in [0.05, 0.1) is 20.3 Å². The monoisotopic (exact) mass is 291 g/mol. The molecule has 21 heavy (non-hydrogen) atoms. The number of nitrogens with one attached hydrogen (secondary N) is 1. The number of methoxy groups -OCH3 is 1. The summed E-state index contributed by atoms with van der Waals surface area (Å²) in [6.07, 6.45) is 5.34. The van der Waals surface area contributed by atoms with Crippen molar-refractivity contribution in [2.24, 2.45) is 0 Å². The first-order chi connectivity index (χ1) is 10.3. The molecule has 0 aromatic heterocycles. The van der Waals surface area contributed by atoms with Crippen LogP contribution >= 0.6 is 0 Å². The summed E-state index contributed by atoms with van der Waals surface area (Å²) < 4.78 is 16.8. The summed E-state index contributed by atoms with van der Waals surface area (Å²) in [5.74, 6) is 0.688. The van der Waals surface area contributed by atoms with Gasteiger partial charge in [0, 0.05) is 18.9 Å². The number of rotatable bonds is 5. The quantitative estimate of drug-likeness (QED) is 0.905. The van der Waals surface area contributed by atoms with Crippen LogP contribution in [0, 0.1) is 0 Å². The molecule has 0 atom stereocenters. The molecule has 0 amide bonds. The lowest BCUT2D eigenvalue weighted by Crippen LogP contribution is -2.42. The predicted molar refractivity (Wildman–Crippen MR) is 81.6 cm³/mol. The molecule has 2 fully saturated rings. The minimum atomic E-state index is -0.245. The zero-order valence-corrected chi connectivity index (χ0v) is 12.8. The van der Waals surface area contributed by atoms with Gasteiger partial charge in [-0.05, 0) is 43.5 Å². The summed E-state index contributed by atoms with van der Waals surface area (Å²) >= 11 is 0. The van der Waals surface area contributed by atoms with Crippen LogP contribution in [0.3, 0.4) is 0 Å². The van der Waals surface area contributed by atoms with Crippen molar-refractivity contribution in [3.05, 3.63) is 29.8 Å². The molecule has 3 rings (SSSR count). The van der Waals surface area contributed by atoms with Crippen LogP contribution in [0.15, 0.2) is 24.3 Å². The summed E-state index contributed by atoms with van der Waals surface area (Å²) in [5, 5.41) is 3.66. The third-order valence-electron chi connectivity index (χ3n) is 4.54. The lowest BCUT2D eigenvalue weighted by molar-refractivity contribution is -0.179. The zero-order valence-electron chi connectivity index (χ0n) is 12.8. The molecule has 4 heteroatoms. The Labute approximate surface area is 126 Å². The van der Waals surface area contributed by atoms with Gasteiger partial charge < -0.3 is 19.5 Å². The lowest BCUT2D eigenvalue weighted by Gasteiger charge is -2.35. The first-order valence-corrected chi connectivity index (χ1v) is 7.94. The predicted octanol–water partition coefficient (Wildman–Crippen LogP) is 2.51. The van der Waals surface area contributed by atoms with Crippen LogP contribution in [0.2, 0.25) is 0 Å². The van der Waals surface area contributed by atoms with Crippen molar-refractivity contribution in [3.63, 3.8) is 0 Å². The highest BCUT2D eigenvalue weighted by Crippen LogP contribution is 2.35. The fraction of sp³-hybridized carbons (Fsp3) is 0.647. The van der Waals surface area contributed by atoms with Gasteiger partial charge in [-0.2, -0.15) is 0 Å². The van der Waals surface area contributed by atoms with Crippen molar-refractivity contribution in [1.82, 2.24) is 5.32 Å². The van der Waals surface area contributed by atoms with Crippen molar-refractivity contribution in [2.75, 3.05) is 26.9 Å². The molecule has 116 valence electrons. The van der Waals surface area contributed by atoms with E-state index in [2.05, 4.69) is 17.4 Å². The summed E-state index contributed by atoms with van der Waals surface area (Å²) in [4.78, 5) is 0. The van der Waals surface area contributed by atoms with Gasteiger partial charge in [-0.25, -0.2) is 0 Å². The second kappa shape index (κ2) is 6.77. The Kier molecular flexibility index (Phi) is 4.78. The average molecular weight is 291 g/mol. The molecule has 1 saturated carbocycles. The van der Waals surface area contributed by atoms with E-state index >= 15 is 0 Å². The van der Waals surface area contributed by atoms with Crippen molar-refractivity contribution in [3.8, 4) is 5.75 Å². The minimum absolute atomic E-state index is 0.245. The minimum Gasteiger partial charge on any atom is -0.497 e. The molecule has 1 aliphatic carbocycles. The van der Waals surface area contributed by atoms with E-state index in [-0.39, 0.29) is 5.79 Å². The Morgan fingerprint density at radius 2 is 2.00 bits per heavy atom. The molecular weight excluding hydrogens is 266 g/mol. The van der Waals surface area contributed by atoms with Crippen LogP contribution in [0.25, 0.3) is 0 Å². The molecule has 1 aromatic carbocycles. The third-order valence-corrected chi connectivity index (χ3v) is 4.54. The highest BCUT2D eigenvalue weighted by molar-refractivity contribution is 5.28. The summed E-state index contributed by atoms with van der Waals surface area (Å²) in [6.45, 7) is 2.52. The summed E-state index contributed by atoms with van der Waals surface area (Å²) in [5.41, 5.74) is 1.32. The third kappa shape index (κ3) is 3.76. The molecule has 0 unspecified atom stereocenters. The van der Waals surface area contributed by atoms with Gasteiger partial charge in [0.25, 0.3) is 0 Å². The molecule has 2 aliphatic rings. The second-order valence-electron chi connectivity index (χ2n) is 5.94. The van der Waals surface area contributed by atoms with E-state index in [1.54, 1.807) is 7.11 Å². The van der Waals surface area contributed by atoms with Crippen LogP contribution in [-0.4, -0.2) is 38.7 Å². The van der Waals surface area contributed by atoms with Crippen LogP contribution in [0.5, 0.6) is 5.75 Å². The molecule has 1 aliphatic heterocycles. The fourth-order valence-corrected chi connectivity index (χ4v) is 3.30. The van der Waals surface area contributed by atoms with E-state index in [0.29, 0.717) is 6.04 Å². The standard InChI is InChI=1S/C17H25NO3/c1-19-16-4-2-3-14(13-16)7-10-18-15-5-8-17(9-6-15)20-11-12-21-17/h2-4,13,15,18H,5-12H2,1H3. The molecule has 4 nitrogen and oxygen atoms in total. The van der Waals surface area contributed by atoms with Crippen molar-refractivity contribution < 1.29 is 14.2 Å². The van der Waals surface area contributed by atoms with Gasteiger partial charge in [-0.1, -0.05) is 12.1 Å². The Morgan fingerprint density at radius 1 is 1.24 bits per heavy atom. The maximum atomic E-state index is 5.77. The number of hydrogen-bond donors (Lipinski definition) is 1. The molecule has 1 saturated heterocycles. The fourth-order valence-electron chi connectivity index (χ4n) is 3.30. The molecule has 1 spiro atoms. The van der Waals surface area contributed by atoms with Gasteiger partial charge in [0.2, 0.25) is 0 Å². The van der Waals surface area contributed by atoms with E-state index < -0.39 is 0 Å². The zero-order chi connectivity index (χ0) is 14.5. The Balaban J connectivity index is 1.40. The van der Waals surface area contributed by atoms with Crippen molar-refractivity contribution >= 4 is 0 Å². The largest absolute Gasteiger partial charge is 0.497 e. The molecular formula is C17H25NO3.